The molecule has 1 aromatic rings. The molecule has 1 rings (SSSR count). The molecule has 0 aliphatic rings. The summed E-state index contributed by atoms with van der Waals surface area (Å²) in [6.45, 7) is 0.444. The first kappa shape index (κ1) is 12.0. The van der Waals surface area contributed by atoms with Gasteiger partial charge in [0.05, 0.1) is 17.8 Å². The maximum absolute atomic E-state index is 11.8. The Labute approximate surface area is 90.2 Å². The van der Waals surface area contributed by atoms with Crippen molar-refractivity contribution in [2.24, 2.45) is 0 Å². The number of hydrogen-bond donors (Lipinski definition) is 1. The molecule has 0 aromatic heterocycles. The van der Waals surface area contributed by atoms with Gasteiger partial charge in [0.15, 0.2) is 9.84 Å². The van der Waals surface area contributed by atoms with Gasteiger partial charge in [0, 0.05) is 6.54 Å². The van der Waals surface area contributed by atoms with Crippen molar-refractivity contribution in [3.05, 3.63) is 24.3 Å². The first-order valence-corrected chi connectivity index (χ1v) is 6.27. The molecule has 0 spiro atoms. The largest absolute Gasteiger partial charge is 0.497 e. The average molecular weight is 229 g/mol. The molecule has 0 aliphatic heterocycles. The maximum Gasteiger partial charge on any atom is 0.179 e. The fourth-order valence-corrected chi connectivity index (χ4v) is 2.44. The van der Waals surface area contributed by atoms with Crippen molar-refractivity contribution in [1.82, 2.24) is 5.32 Å². The Bertz CT molecular complexity index is 414. The number of ether oxygens (including phenoxy) is 1. The van der Waals surface area contributed by atoms with Gasteiger partial charge in [0.25, 0.3) is 0 Å². The molecule has 0 atom stereocenters. The molecule has 0 unspecified atom stereocenters. The van der Waals surface area contributed by atoms with E-state index >= 15 is 0 Å². The molecular formula is C10H15NO3S. The van der Waals surface area contributed by atoms with Gasteiger partial charge in [-0.15, -0.1) is 0 Å². The molecule has 1 aromatic carbocycles. The minimum Gasteiger partial charge on any atom is -0.497 e. The van der Waals surface area contributed by atoms with Gasteiger partial charge in [-0.25, -0.2) is 8.42 Å². The Hall–Kier alpha value is -1.07. The summed E-state index contributed by atoms with van der Waals surface area (Å²) in [5.74, 6) is 0.650. The molecule has 0 saturated carbocycles. The van der Waals surface area contributed by atoms with Crippen LogP contribution in [0.3, 0.4) is 0 Å². The highest BCUT2D eigenvalue weighted by Gasteiger charge is 2.13. The summed E-state index contributed by atoms with van der Waals surface area (Å²) in [5, 5.41) is 2.81. The molecule has 84 valence electrons. The van der Waals surface area contributed by atoms with Crippen molar-refractivity contribution >= 4 is 9.84 Å². The van der Waals surface area contributed by atoms with Crippen molar-refractivity contribution in [3.63, 3.8) is 0 Å². The molecule has 15 heavy (non-hydrogen) atoms. The molecule has 0 radical (unpaired) electrons. The van der Waals surface area contributed by atoms with E-state index in [9.17, 15) is 8.42 Å². The minimum atomic E-state index is -3.20. The number of nitrogens with one attached hydrogen (secondary N) is 1. The van der Waals surface area contributed by atoms with Crippen LogP contribution in [0.4, 0.5) is 0 Å². The van der Waals surface area contributed by atoms with Crippen LogP contribution in [0.15, 0.2) is 29.2 Å². The molecule has 4 nitrogen and oxygen atoms in total. The smallest absolute Gasteiger partial charge is 0.179 e. The second-order valence-electron chi connectivity index (χ2n) is 3.10. The van der Waals surface area contributed by atoms with Crippen LogP contribution in [0.5, 0.6) is 5.75 Å². The first-order valence-electron chi connectivity index (χ1n) is 4.61. The van der Waals surface area contributed by atoms with Gasteiger partial charge in [0.2, 0.25) is 0 Å². The van der Waals surface area contributed by atoms with E-state index < -0.39 is 9.84 Å². The highest BCUT2D eigenvalue weighted by molar-refractivity contribution is 7.91. The van der Waals surface area contributed by atoms with Gasteiger partial charge in [-0.2, -0.15) is 0 Å². The van der Waals surface area contributed by atoms with E-state index in [1.807, 2.05) is 0 Å². The molecule has 0 saturated heterocycles. The number of methoxy groups -OCH3 is 1. The van der Waals surface area contributed by atoms with E-state index in [4.69, 9.17) is 4.74 Å². The van der Waals surface area contributed by atoms with Crippen LogP contribution in [0.25, 0.3) is 0 Å². The predicted octanol–water partition coefficient (Wildman–Crippen LogP) is 0.688. The van der Waals surface area contributed by atoms with Crippen molar-refractivity contribution in [2.45, 2.75) is 4.90 Å². The molecular weight excluding hydrogens is 214 g/mol. The van der Waals surface area contributed by atoms with Gasteiger partial charge in [-0.05, 0) is 25.2 Å². The first-order chi connectivity index (χ1) is 7.10. The van der Waals surface area contributed by atoms with Crippen LogP contribution in [0.1, 0.15) is 0 Å². The van der Waals surface area contributed by atoms with Crippen molar-refractivity contribution in [3.8, 4) is 5.75 Å². The number of hydrogen-bond acceptors (Lipinski definition) is 4. The van der Waals surface area contributed by atoms with E-state index in [2.05, 4.69) is 5.32 Å². The summed E-state index contributed by atoms with van der Waals surface area (Å²) in [6.07, 6.45) is 0. The second kappa shape index (κ2) is 5.14. The van der Waals surface area contributed by atoms with Gasteiger partial charge >= 0.3 is 0 Å². The number of rotatable bonds is 5. The van der Waals surface area contributed by atoms with Gasteiger partial charge < -0.3 is 10.1 Å². The van der Waals surface area contributed by atoms with Gasteiger partial charge in [-0.3, -0.25) is 0 Å². The van der Waals surface area contributed by atoms with Crippen LogP contribution < -0.4 is 10.1 Å². The van der Waals surface area contributed by atoms with E-state index in [0.717, 1.165) is 0 Å². The lowest BCUT2D eigenvalue weighted by molar-refractivity contribution is 0.413. The topological polar surface area (TPSA) is 55.4 Å². The lowest BCUT2D eigenvalue weighted by Crippen LogP contribution is -2.19. The lowest BCUT2D eigenvalue weighted by atomic mass is 10.3. The zero-order valence-electron chi connectivity index (χ0n) is 8.86. The second-order valence-corrected chi connectivity index (χ2v) is 5.21. The summed E-state index contributed by atoms with van der Waals surface area (Å²) in [7, 11) is 0.0390. The molecule has 0 bridgehead atoms. The summed E-state index contributed by atoms with van der Waals surface area (Å²) in [4.78, 5) is 0.303. The fraction of sp³-hybridized carbons (Fsp3) is 0.400. The number of sulfone groups is 1. The summed E-state index contributed by atoms with van der Waals surface area (Å²) < 4.78 is 28.5. The Morgan fingerprint density at radius 2 is 2.13 bits per heavy atom. The standard InChI is InChI=1S/C10H15NO3S/c1-11-6-7-15(12,13)10-5-3-4-9(8-10)14-2/h3-5,8,11H,6-7H2,1-2H3. The van der Waals surface area contributed by atoms with Crippen molar-refractivity contribution in [1.29, 1.82) is 0 Å². The summed E-state index contributed by atoms with van der Waals surface area (Å²) in [5.41, 5.74) is 0. The van der Waals surface area contributed by atoms with Crippen LogP contribution in [0.2, 0.25) is 0 Å². The molecule has 0 heterocycles. The third-order valence-electron chi connectivity index (χ3n) is 2.02. The monoisotopic (exact) mass is 229 g/mol. The van der Waals surface area contributed by atoms with Gasteiger partial charge in [0.1, 0.15) is 5.75 Å². The van der Waals surface area contributed by atoms with Crippen molar-refractivity contribution in [2.75, 3.05) is 26.5 Å². The normalized spacial score (nSPS) is 11.3. The number of benzene rings is 1. The summed E-state index contributed by atoms with van der Waals surface area (Å²) in [6, 6.07) is 6.50. The Morgan fingerprint density at radius 3 is 2.73 bits per heavy atom. The van der Waals surface area contributed by atoms with E-state index in [0.29, 0.717) is 17.2 Å². The molecule has 0 fully saturated rings. The van der Waals surface area contributed by atoms with Crippen LogP contribution >= 0.6 is 0 Å². The predicted molar refractivity (Wildman–Crippen MR) is 59.0 cm³/mol. The van der Waals surface area contributed by atoms with Crippen molar-refractivity contribution < 1.29 is 13.2 Å². The highest BCUT2D eigenvalue weighted by Crippen LogP contribution is 2.17. The molecule has 0 aliphatic carbocycles. The minimum absolute atomic E-state index is 0.0939. The zero-order valence-corrected chi connectivity index (χ0v) is 9.67. The molecule has 1 N–H and O–H groups in total. The van der Waals surface area contributed by atoms with Crippen LogP contribution in [0, 0.1) is 0 Å². The third-order valence-corrected chi connectivity index (χ3v) is 3.73. The van der Waals surface area contributed by atoms with E-state index in [-0.39, 0.29) is 5.75 Å². The highest BCUT2D eigenvalue weighted by atomic mass is 32.2. The Kier molecular flexibility index (Phi) is 4.11. The zero-order chi connectivity index (χ0) is 11.3. The SMILES string of the molecule is CNCCS(=O)(=O)c1cccc(OC)c1. The summed E-state index contributed by atoms with van der Waals surface area (Å²) >= 11 is 0. The quantitative estimate of drug-likeness (QED) is 0.807. The van der Waals surface area contributed by atoms with Crippen LogP contribution in [-0.4, -0.2) is 34.9 Å². The van der Waals surface area contributed by atoms with E-state index in [1.165, 1.54) is 13.2 Å². The van der Waals surface area contributed by atoms with E-state index in [1.54, 1.807) is 25.2 Å². The third kappa shape index (κ3) is 3.21. The average Bonchev–Trinajstić information content (AvgIpc) is 2.26. The lowest BCUT2D eigenvalue weighted by Gasteiger charge is -2.05. The Balaban J connectivity index is 2.94. The Morgan fingerprint density at radius 1 is 1.40 bits per heavy atom. The van der Waals surface area contributed by atoms with Crippen LogP contribution in [-0.2, 0) is 9.84 Å². The molecule has 0 amide bonds. The molecule has 5 heteroatoms. The fourth-order valence-electron chi connectivity index (χ4n) is 1.15. The van der Waals surface area contributed by atoms with Gasteiger partial charge in [-0.1, -0.05) is 6.07 Å². The maximum atomic E-state index is 11.8.